The molecular weight excluding hydrogens is 341 g/mol. The fraction of sp³-hybridized carbons (Fsp3) is 0.500. The van der Waals surface area contributed by atoms with Gasteiger partial charge in [-0.15, -0.1) is 6.58 Å². The van der Waals surface area contributed by atoms with Crippen LogP contribution < -0.4 is 5.32 Å². The van der Waals surface area contributed by atoms with Crippen LogP contribution in [0, 0.1) is 0 Å². The monoisotopic (exact) mass is 363 g/mol. The summed E-state index contributed by atoms with van der Waals surface area (Å²) >= 11 is 12.1. The number of hydrogen-bond acceptors (Lipinski definition) is 5. The normalized spacial score (nSPS) is 15.2. The molecular formula is C16H23Cl2NO4. The van der Waals surface area contributed by atoms with Crippen molar-refractivity contribution in [2.75, 3.05) is 13.2 Å². The zero-order valence-electron chi connectivity index (χ0n) is 13.0. The van der Waals surface area contributed by atoms with Gasteiger partial charge in [0.2, 0.25) is 6.41 Å². The molecule has 130 valence electrons. The van der Waals surface area contributed by atoms with E-state index in [1.807, 2.05) is 6.92 Å². The van der Waals surface area contributed by atoms with Crippen molar-refractivity contribution in [2.45, 2.75) is 38.5 Å². The van der Waals surface area contributed by atoms with Crippen molar-refractivity contribution in [3.63, 3.8) is 0 Å². The van der Waals surface area contributed by atoms with Gasteiger partial charge in [0, 0.05) is 21.7 Å². The molecule has 0 heterocycles. The molecule has 0 aliphatic rings. The van der Waals surface area contributed by atoms with Crippen molar-refractivity contribution in [3.8, 4) is 0 Å². The van der Waals surface area contributed by atoms with Crippen molar-refractivity contribution in [1.82, 2.24) is 5.32 Å². The second-order valence-corrected chi connectivity index (χ2v) is 5.75. The van der Waals surface area contributed by atoms with Gasteiger partial charge in [-0.3, -0.25) is 5.32 Å². The maximum absolute atomic E-state index is 10.2. The van der Waals surface area contributed by atoms with Crippen molar-refractivity contribution >= 4 is 23.2 Å². The molecule has 1 rings (SSSR count). The molecule has 0 fully saturated rings. The predicted octanol–water partition coefficient (Wildman–Crippen LogP) is 2.72. The number of hydrogen-bond donors (Lipinski definition) is 3. The number of ether oxygens (including phenoxy) is 2. The van der Waals surface area contributed by atoms with Crippen LogP contribution in [0.3, 0.4) is 0 Å². The molecule has 3 N–H and O–H groups in total. The Hall–Kier alpha value is -0.660. The molecule has 1 aromatic carbocycles. The molecule has 0 aromatic heterocycles. The van der Waals surface area contributed by atoms with E-state index < -0.39 is 12.5 Å². The summed E-state index contributed by atoms with van der Waals surface area (Å²) in [7, 11) is 0. The van der Waals surface area contributed by atoms with Crippen LogP contribution in [-0.4, -0.2) is 42.0 Å². The Morgan fingerprint density at radius 3 is 2.52 bits per heavy atom. The molecule has 2 unspecified atom stereocenters. The van der Waals surface area contributed by atoms with E-state index in [4.69, 9.17) is 32.7 Å². The van der Waals surface area contributed by atoms with Gasteiger partial charge in [-0.1, -0.05) is 42.3 Å². The average Bonchev–Trinajstić information content (AvgIpc) is 2.53. The van der Waals surface area contributed by atoms with Gasteiger partial charge in [0.1, 0.15) is 0 Å². The summed E-state index contributed by atoms with van der Waals surface area (Å²) in [6.07, 6.45) is 0.124. The fourth-order valence-electron chi connectivity index (χ4n) is 1.96. The quantitative estimate of drug-likeness (QED) is 0.416. The highest BCUT2D eigenvalue weighted by Gasteiger charge is 2.20. The largest absolute Gasteiger partial charge is 0.389 e. The molecule has 0 spiro atoms. The van der Waals surface area contributed by atoms with Crippen molar-refractivity contribution < 1.29 is 19.7 Å². The number of rotatable bonds is 11. The smallest absolute Gasteiger partial charge is 0.214 e. The molecule has 0 aliphatic carbocycles. The maximum atomic E-state index is 10.2. The Morgan fingerprint density at radius 1 is 1.30 bits per heavy atom. The van der Waals surface area contributed by atoms with Gasteiger partial charge in [0.05, 0.1) is 25.9 Å². The highest BCUT2D eigenvalue weighted by molar-refractivity contribution is 6.35. The lowest BCUT2D eigenvalue weighted by Gasteiger charge is -2.25. The second-order valence-electron chi connectivity index (χ2n) is 4.94. The number of aliphatic hydroxyl groups is 2. The zero-order chi connectivity index (χ0) is 17.2. The van der Waals surface area contributed by atoms with Crippen LogP contribution in [0.15, 0.2) is 30.9 Å². The number of nitrogens with one attached hydrogen (secondary N) is 1. The third-order valence-electron chi connectivity index (χ3n) is 3.23. The van der Waals surface area contributed by atoms with Crippen LogP contribution >= 0.6 is 23.2 Å². The Balaban J connectivity index is 2.44. The lowest BCUT2D eigenvalue weighted by molar-refractivity contribution is -0.127. The van der Waals surface area contributed by atoms with E-state index >= 15 is 0 Å². The highest BCUT2D eigenvalue weighted by atomic mass is 35.5. The van der Waals surface area contributed by atoms with Crippen molar-refractivity contribution in [3.05, 3.63) is 46.5 Å². The predicted molar refractivity (Wildman–Crippen MR) is 91.5 cm³/mol. The van der Waals surface area contributed by atoms with E-state index in [1.165, 1.54) is 6.08 Å². The first kappa shape index (κ1) is 20.4. The molecule has 0 saturated heterocycles. The number of aliphatic hydroxyl groups excluding tert-OH is 2. The van der Waals surface area contributed by atoms with Gasteiger partial charge in [-0.2, -0.15) is 0 Å². The minimum Gasteiger partial charge on any atom is -0.389 e. The number of benzene rings is 1. The Bertz CT molecular complexity index is 467. The zero-order valence-corrected chi connectivity index (χ0v) is 14.6. The molecule has 0 bridgehead atoms. The van der Waals surface area contributed by atoms with Crippen LogP contribution in [0.2, 0.25) is 10.0 Å². The van der Waals surface area contributed by atoms with E-state index in [9.17, 15) is 10.2 Å². The minimum atomic E-state index is -1.18. The van der Waals surface area contributed by atoms with E-state index in [-0.39, 0.29) is 25.9 Å². The van der Waals surface area contributed by atoms with E-state index in [0.29, 0.717) is 22.0 Å². The van der Waals surface area contributed by atoms with Gasteiger partial charge >= 0.3 is 0 Å². The van der Waals surface area contributed by atoms with Crippen LogP contribution in [-0.2, 0) is 16.1 Å². The summed E-state index contributed by atoms with van der Waals surface area (Å²) in [5, 5.41) is 23.6. The molecule has 7 heteroatoms. The number of halogens is 2. The molecule has 3 atom stereocenters. The summed E-state index contributed by atoms with van der Waals surface area (Å²) < 4.78 is 10.5. The van der Waals surface area contributed by atoms with E-state index in [0.717, 1.165) is 0 Å². The molecule has 0 radical (unpaired) electrons. The lowest BCUT2D eigenvalue weighted by atomic mass is 10.1. The molecule has 0 saturated carbocycles. The minimum absolute atomic E-state index is 0.0707. The first-order valence-corrected chi connectivity index (χ1v) is 8.10. The highest BCUT2D eigenvalue weighted by Crippen LogP contribution is 2.24. The van der Waals surface area contributed by atoms with Crippen LogP contribution in [0.5, 0.6) is 0 Å². The fourth-order valence-corrected chi connectivity index (χ4v) is 2.47. The first-order valence-electron chi connectivity index (χ1n) is 7.34. The Labute approximate surface area is 146 Å². The summed E-state index contributed by atoms with van der Waals surface area (Å²) in [6.45, 7) is 5.85. The van der Waals surface area contributed by atoms with Gasteiger partial charge in [0.25, 0.3) is 0 Å². The van der Waals surface area contributed by atoms with E-state index in [1.54, 1.807) is 18.2 Å². The maximum Gasteiger partial charge on any atom is 0.214 e. The van der Waals surface area contributed by atoms with Crippen LogP contribution in [0.1, 0.15) is 18.9 Å². The van der Waals surface area contributed by atoms with Gasteiger partial charge in [0.15, 0.2) is 0 Å². The van der Waals surface area contributed by atoms with Crippen LogP contribution in [0.25, 0.3) is 0 Å². The molecule has 5 nitrogen and oxygen atoms in total. The summed E-state index contributed by atoms with van der Waals surface area (Å²) in [6, 6.07) is 4.83. The Morgan fingerprint density at radius 2 is 1.96 bits per heavy atom. The van der Waals surface area contributed by atoms with Crippen molar-refractivity contribution in [2.24, 2.45) is 0 Å². The molecule has 0 aliphatic heterocycles. The first-order chi connectivity index (χ1) is 11.0. The summed E-state index contributed by atoms with van der Waals surface area (Å²) in [5.74, 6) is 0. The third-order valence-corrected chi connectivity index (χ3v) is 3.94. The average molecular weight is 364 g/mol. The Kier molecular flexibility index (Phi) is 9.74. The second kappa shape index (κ2) is 11.0. The standard InChI is InChI=1S/C16H23Cl2NO4/c1-3-8-23-16(21)19-14(4-2)15(20)10-22-9-11-12(17)6-5-7-13(11)18/h3,5-7,14-16,19-21H,1,4,8-10H2,2H3/t14-,15?,16?/m0/s1. The van der Waals surface area contributed by atoms with Crippen LogP contribution in [0.4, 0.5) is 0 Å². The summed E-state index contributed by atoms with van der Waals surface area (Å²) in [5.41, 5.74) is 0.679. The molecule has 0 amide bonds. The SMILES string of the molecule is C=CCOC(O)N[C@@H](CC)C(O)COCc1c(Cl)cccc1Cl. The van der Waals surface area contributed by atoms with Gasteiger partial charge in [-0.05, 0) is 18.6 Å². The molecule has 1 aromatic rings. The summed E-state index contributed by atoms with van der Waals surface area (Å²) in [4.78, 5) is 0. The lowest BCUT2D eigenvalue weighted by Crippen LogP contribution is -2.47. The van der Waals surface area contributed by atoms with Crippen molar-refractivity contribution in [1.29, 1.82) is 0 Å². The van der Waals surface area contributed by atoms with Gasteiger partial charge in [-0.25, -0.2) is 0 Å². The van der Waals surface area contributed by atoms with E-state index in [2.05, 4.69) is 11.9 Å². The van der Waals surface area contributed by atoms with Gasteiger partial charge < -0.3 is 19.7 Å². The third kappa shape index (κ3) is 7.18. The topological polar surface area (TPSA) is 71.0 Å². The molecule has 23 heavy (non-hydrogen) atoms.